The Labute approximate surface area is 178 Å². The molecule has 0 spiro atoms. The summed E-state index contributed by atoms with van der Waals surface area (Å²) in [5.41, 5.74) is 1.03. The van der Waals surface area contributed by atoms with Crippen LogP contribution in [0.4, 0.5) is 10.8 Å². The topological polar surface area (TPSA) is 84.7 Å². The number of nitrogens with zero attached hydrogens (tertiary/aromatic N) is 5. The fourth-order valence-electron chi connectivity index (χ4n) is 3.25. The molecular formula is C20H24N6O3S. The predicted molar refractivity (Wildman–Crippen MR) is 116 cm³/mol. The summed E-state index contributed by atoms with van der Waals surface area (Å²) in [5.74, 6) is 0.910. The van der Waals surface area contributed by atoms with Crippen molar-refractivity contribution in [1.29, 1.82) is 0 Å². The van der Waals surface area contributed by atoms with Crippen LogP contribution >= 0.6 is 11.3 Å². The number of carbonyl (C=O) groups excluding carboxylic acids is 1. The van der Waals surface area contributed by atoms with Crippen LogP contribution in [0, 0.1) is 0 Å². The molecule has 1 N–H and O–H groups in total. The Morgan fingerprint density at radius 1 is 1.07 bits per heavy atom. The Kier molecular flexibility index (Phi) is 5.86. The summed E-state index contributed by atoms with van der Waals surface area (Å²) in [5, 5.41) is 13.1. The fourth-order valence-corrected chi connectivity index (χ4v) is 4.15. The summed E-state index contributed by atoms with van der Waals surface area (Å²) in [6.45, 7) is 3.83. The molecule has 1 saturated heterocycles. The van der Waals surface area contributed by atoms with E-state index in [2.05, 4.69) is 32.4 Å². The van der Waals surface area contributed by atoms with Gasteiger partial charge in [0, 0.05) is 38.4 Å². The van der Waals surface area contributed by atoms with E-state index in [1.807, 2.05) is 12.3 Å². The van der Waals surface area contributed by atoms with Crippen molar-refractivity contribution >= 4 is 28.1 Å². The number of anilines is 2. The van der Waals surface area contributed by atoms with Crippen molar-refractivity contribution < 1.29 is 14.3 Å². The number of benzene rings is 1. The van der Waals surface area contributed by atoms with E-state index in [1.165, 1.54) is 11.3 Å². The molecule has 0 radical (unpaired) electrons. The van der Waals surface area contributed by atoms with Crippen molar-refractivity contribution in [3.8, 4) is 16.6 Å². The lowest BCUT2D eigenvalue weighted by molar-refractivity contribution is 0.102. The quantitative estimate of drug-likeness (QED) is 0.645. The number of rotatable bonds is 6. The average molecular weight is 429 g/mol. The van der Waals surface area contributed by atoms with Gasteiger partial charge in [-0.15, -0.1) is 10.2 Å². The normalized spacial score (nSPS) is 14.6. The molecule has 0 saturated carbocycles. The highest BCUT2D eigenvalue weighted by atomic mass is 32.1. The summed E-state index contributed by atoms with van der Waals surface area (Å²) < 4.78 is 12.3. The minimum atomic E-state index is -0.264. The zero-order chi connectivity index (χ0) is 21.1. The van der Waals surface area contributed by atoms with Crippen molar-refractivity contribution in [3.05, 3.63) is 42.2 Å². The number of hydrogen-bond donors (Lipinski definition) is 1. The van der Waals surface area contributed by atoms with E-state index in [1.54, 1.807) is 43.1 Å². The zero-order valence-electron chi connectivity index (χ0n) is 17.2. The van der Waals surface area contributed by atoms with E-state index < -0.39 is 0 Å². The van der Waals surface area contributed by atoms with Gasteiger partial charge in [0.25, 0.3) is 5.91 Å². The Hall–Kier alpha value is -3.11. The lowest BCUT2D eigenvalue weighted by atomic mass is 10.2. The van der Waals surface area contributed by atoms with E-state index in [-0.39, 0.29) is 5.91 Å². The summed E-state index contributed by atoms with van der Waals surface area (Å²) >= 11 is 1.48. The second kappa shape index (κ2) is 8.72. The van der Waals surface area contributed by atoms with E-state index in [0.29, 0.717) is 28.0 Å². The smallest absolute Gasteiger partial charge is 0.272 e. The summed E-state index contributed by atoms with van der Waals surface area (Å²) in [6, 6.07) is 8.81. The van der Waals surface area contributed by atoms with Crippen LogP contribution in [0.2, 0.25) is 0 Å². The molecule has 0 aliphatic carbocycles. The molecular weight excluding hydrogens is 404 g/mol. The fraction of sp³-hybridized carbons (Fsp3) is 0.350. The number of amides is 1. The first-order valence-electron chi connectivity index (χ1n) is 9.57. The standard InChI is InChI=1S/C20H24N6O3S/c1-24-9-11-25(12-10-24)19-22-23-20(30-19)26-8-4-5-16(26)18(27)21-15-7-6-14(28-2)13-17(15)29-3/h4-8,13H,9-12H2,1-3H3,(H,21,27). The van der Waals surface area contributed by atoms with Gasteiger partial charge in [-0.2, -0.15) is 0 Å². The molecule has 158 valence electrons. The highest BCUT2D eigenvalue weighted by Gasteiger charge is 2.21. The van der Waals surface area contributed by atoms with Crippen molar-refractivity contribution in [1.82, 2.24) is 19.7 Å². The second-order valence-corrected chi connectivity index (χ2v) is 7.88. The van der Waals surface area contributed by atoms with Crippen molar-refractivity contribution in [2.24, 2.45) is 0 Å². The van der Waals surface area contributed by atoms with E-state index >= 15 is 0 Å². The molecule has 2 aromatic heterocycles. The molecule has 9 nitrogen and oxygen atoms in total. The monoisotopic (exact) mass is 428 g/mol. The minimum absolute atomic E-state index is 0.264. The molecule has 1 fully saturated rings. The van der Waals surface area contributed by atoms with Crippen molar-refractivity contribution in [2.75, 3.05) is 57.7 Å². The van der Waals surface area contributed by atoms with Gasteiger partial charge in [0.05, 0.1) is 19.9 Å². The number of methoxy groups -OCH3 is 2. The van der Waals surface area contributed by atoms with Gasteiger partial charge >= 0.3 is 0 Å². The highest BCUT2D eigenvalue weighted by molar-refractivity contribution is 7.17. The summed E-state index contributed by atoms with van der Waals surface area (Å²) in [7, 11) is 5.25. The Morgan fingerprint density at radius 3 is 2.57 bits per heavy atom. The van der Waals surface area contributed by atoms with Crippen LogP contribution in [0.15, 0.2) is 36.5 Å². The summed E-state index contributed by atoms with van der Waals surface area (Å²) in [4.78, 5) is 17.5. The molecule has 1 aliphatic rings. The number of piperazine rings is 1. The molecule has 0 atom stereocenters. The lowest BCUT2D eigenvalue weighted by Crippen LogP contribution is -2.44. The van der Waals surface area contributed by atoms with E-state index in [9.17, 15) is 4.79 Å². The Morgan fingerprint density at radius 2 is 1.83 bits per heavy atom. The third-order valence-electron chi connectivity index (χ3n) is 5.02. The molecule has 0 bridgehead atoms. The van der Waals surface area contributed by atoms with Gasteiger partial charge in [0.1, 0.15) is 17.2 Å². The Bertz CT molecular complexity index is 1030. The van der Waals surface area contributed by atoms with Crippen molar-refractivity contribution in [3.63, 3.8) is 0 Å². The number of aromatic nitrogens is 3. The number of nitrogens with one attached hydrogen (secondary N) is 1. The highest BCUT2D eigenvalue weighted by Crippen LogP contribution is 2.30. The molecule has 0 unspecified atom stereocenters. The maximum Gasteiger partial charge on any atom is 0.272 e. The van der Waals surface area contributed by atoms with Crippen LogP contribution in [0.1, 0.15) is 10.5 Å². The maximum absolute atomic E-state index is 13.0. The van der Waals surface area contributed by atoms with Gasteiger partial charge in [-0.05, 0) is 31.3 Å². The molecule has 10 heteroatoms. The number of ether oxygens (including phenoxy) is 2. The van der Waals surface area contributed by atoms with Crippen LogP contribution < -0.4 is 19.7 Å². The predicted octanol–water partition coefficient (Wildman–Crippen LogP) is 2.35. The molecule has 30 heavy (non-hydrogen) atoms. The van der Waals surface area contributed by atoms with Crippen LogP contribution in [-0.2, 0) is 0 Å². The van der Waals surface area contributed by atoms with Crippen LogP contribution in [0.3, 0.4) is 0 Å². The van der Waals surface area contributed by atoms with Gasteiger partial charge in [-0.3, -0.25) is 9.36 Å². The SMILES string of the molecule is COc1ccc(NC(=O)c2cccn2-c2nnc(N3CCN(C)CC3)s2)c(OC)c1. The first-order chi connectivity index (χ1) is 14.6. The minimum Gasteiger partial charge on any atom is -0.497 e. The van der Waals surface area contributed by atoms with Gasteiger partial charge < -0.3 is 24.6 Å². The largest absolute Gasteiger partial charge is 0.497 e. The third kappa shape index (κ3) is 4.10. The maximum atomic E-state index is 13.0. The Balaban J connectivity index is 1.53. The van der Waals surface area contributed by atoms with E-state index in [0.717, 1.165) is 31.3 Å². The third-order valence-corrected chi connectivity index (χ3v) is 6.01. The number of hydrogen-bond acceptors (Lipinski definition) is 8. The van der Waals surface area contributed by atoms with Gasteiger partial charge in [0.2, 0.25) is 10.3 Å². The second-order valence-electron chi connectivity index (χ2n) is 6.94. The van der Waals surface area contributed by atoms with E-state index in [4.69, 9.17) is 9.47 Å². The molecule has 4 rings (SSSR count). The molecule has 1 aromatic carbocycles. The number of likely N-dealkylation sites (N-methyl/N-ethyl adjacent to an activating group) is 1. The molecule has 3 aromatic rings. The number of carbonyl (C=O) groups is 1. The molecule has 1 aliphatic heterocycles. The molecule has 1 amide bonds. The van der Waals surface area contributed by atoms with Gasteiger partial charge in [-0.25, -0.2) is 0 Å². The van der Waals surface area contributed by atoms with Crippen LogP contribution in [0.25, 0.3) is 5.13 Å². The molecule has 3 heterocycles. The zero-order valence-corrected chi connectivity index (χ0v) is 18.0. The van der Waals surface area contributed by atoms with Crippen LogP contribution in [0.5, 0.6) is 11.5 Å². The average Bonchev–Trinajstić information content (AvgIpc) is 3.44. The van der Waals surface area contributed by atoms with Crippen LogP contribution in [-0.4, -0.2) is 73.0 Å². The first kappa shape index (κ1) is 20.2. The summed E-state index contributed by atoms with van der Waals surface area (Å²) in [6.07, 6.45) is 1.81. The van der Waals surface area contributed by atoms with Gasteiger partial charge in [0.15, 0.2) is 0 Å². The lowest BCUT2D eigenvalue weighted by Gasteiger charge is -2.31. The van der Waals surface area contributed by atoms with Gasteiger partial charge in [-0.1, -0.05) is 11.3 Å². The van der Waals surface area contributed by atoms with Crippen molar-refractivity contribution in [2.45, 2.75) is 0 Å². The first-order valence-corrected chi connectivity index (χ1v) is 10.4.